The van der Waals surface area contributed by atoms with Crippen LogP contribution in [0.4, 0.5) is 5.95 Å². The van der Waals surface area contributed by atoms with Crippen LogP contribution in [0.15, 0.2) is 18.5 Å². The van der Waals surface area contributed by atoms with Gasteiger partial charge < -0.3 is 0 Å². The summed E-state index contributed by atoms with van der Waals surface area (Å²) >= 11 is 5.84. The molecule has 0 bridgehead atoms. The van der Waals surface area contributed by atoms with Gasteiger partial charge in [0.1, 0.15) is 0 Å². The number of nitrogens with zero attached hydrogens (tertiary/aromatic N) is 6. The summed E-state index contributed by atoms with van der Waals surface area (Å²) in [6.07, 6.45) is 5.56. The third-order valence-electron chi connectivity index (χ3n) is 4.52. The molecule has 9 nitrogen and oxygen atoms in total. The first kappa shape index (κ1) is 16.6. The van der Waals surface area contributed by atoms with Crippen molar-refractivity contribution in [1.29, 1.82) is 0 Å². The molecule has 0 radical (unpaired) electrons. The van der Waals surface area contributed by atoms with E-state index in [0.29, 0.717) is 29.9 Å². The highest BCUT2D eigenvalue weighted by molar-refractivity contribution is 6.29. The Morgan fingerprint density at radius 3 is 2.88 bits per heavy atom. The summed E-state index contributed by atoms with van der Waals surface area (Å²) in [6, 6.07) is 1.75. The Morgan fingerprint density at radius 2 is 2.12 bits per heavy atom. The summed E-state index contributed by atoms with van der Waals surface area (Å²) in [5.41, 5.74) is 2.60. The second kappa shape index (κ2) is 6.83. The molecule has 0 saturated carbocycles. The number of halogens is 1. The van der Waals surface area contributed by atoms with Crippen molar-refractivity contribution in [2.24, 2.45) is 5.92 Å². The zero-order valence-electron chi connectivity index (χ0n) is 14.1. The van der Waals surface area contributed by atoms with Crippen molar-refractivity contribution in [2.45, 2.75) is 26.2 Å². The molecule has 3 aromatic heterocycles. The number of hydrogen-bond acceptors (Lipinski definition) is 6. The standard InChI is InChI=1S/C16H17ClN8O/c1-9-7-18-19-8-12(9)14-20-16(24-23-14)25-4-2-3-10(15(25)26)5-11-6-13(17)22-21-11/h6-8,10H,2-5H2,1H3,(H,21,22)(H,20,23,24). The van der Waals surface area contributed by atoms with Gasteiger partial charge in [0.2, 0.25) is 5.91 Å². The van der Waals surface area contributed by atoms with Gasteiger partial charge in [0.15, 0.2) is 11.0 Å². The molecule has 3 aromatic rings. The highest BCUT2D eigenvalue weighted by Gasteiger charge is 2.32. The van der Waals surface area contributed by atoms with Gasteiger partial charge in [-0.25, -0.2) is 0 Å². The van der Waals surface area contributed by atoms with E-state index in [4.69, 9.17) is 11.6 Å². The number of nitrogens with one attached hydrogen (secondary N) is 2. The number of aromatic nitrogens is 7. The van der Waals surface area contributed by atoms with Gasteiger partial charge in [-0.15, -0.1) is 5.10 Å². The number of aryl methyl sites for hydroxylation is 1. The first-order valence-electron chi connectivity index (χ1n) is 8.33. The maximum atomic E-state index is 12.9. The van der Waals surface area contributed by atoms with Crippen LogP contribution in [0, 0.1) is 12.8 Å². The lowest BCUT2D eigenvalue weighted by molar-refractivity contribution is -0.123. The van der Waals surface area contributed by atoms with Gasteiger partial charge in [-0.2, -0.15) is 20.3 Å². The van der Waals surface area contributed by atoms with Crippen LogP contribution in [0.25, 0.3) is 11.4 Å². The van der Waals surface area contributed by atoms with E-state index in [1.54, 1.807) is 23.4 Å². The first-order chi connectivity index (χ1) is 12.6. The fourth-order valence-corrected chi connectivity index (χ4v) is 3.34. The highest BCUT2D eigenvalue weighted by Crippen LogP contribution is 2.26. The van der Waals surface area contributed by atoms with Gasteiger partial charge >= 0.3 is 0 Å². The van der Waals surface area contributed by atoms with Crippen molar-refractivity contribution in [3.05, 3.63) is 34.9 Å². The lowest BCUT2D eigenvalue weighted by Gasteiger charge is -2.29. The van der Waals surface area contributed by atoms with Crippen molar-refractivity contribution < 1.29 is 4.79 Å². The quantitative estimate of drug-likeness (QED) is 0.722. The lowest BCUT2D eigenvalue weighted by Crippen LogP contribution is -2.42. The molecule has 1 aliphatic rings. The molecule has 0 spiro atoms. The number of aromatic amines is 2. The third kappa shape index (κ3) is 3.17. The van der Waals surface area contributed by atoms with Gasteiger partial charge in [-0.1, -0.05) is 11.6 Å². The maximum absolute atomic E-state index is 12.9. The number of carbonyl (C=O) groups is 1. The van der Waals surface area contributed by atoms with Crippen molar-refractivity contribution in [2.75, 3.05) is 11.4 Å². The predicted molar refractivity (Wildman–Crippen MR) is 94.5 cm³/mol. The van der Waals surface area contributed by atoms with Gasteiger partial charge in [0, 0.05) is 30.1 Å². The molecular formula is C16H17ClN8O. The topological polar surface area (TPSA) is 116 Å². The van der Waals surface area contributed by atoms with Gasteiger partial charge in [-0.3, -0.25) is 19.9 Å². The predicted octanol–water partition coefficient (Wildman–Crippen LogP) is 1.93. The van der Waals surface area contributed by atoms with E-state index in [-0.39, 0.29) is 11.8 Å². The molecule has 1 aliphatic heterocycles. The van der Waals surface area contributed by atoms with E-state index >= 15 is 0 Å². The van der Waals surface area contributed by atoms with Gasteiger partial charge in [0.05, 0.1) is 12.4 Å². The zero-order valence-corrected chi connectivity index (χ0v) is 14.9. The molecule has 0 aliphatic carbocycles. The molecule has 1 unspecified atom stereocenters. The Morgan fingerprint density at radius 1 is 1.27 bits per heavy atom. The van der Waals surface area contributed by atoms with Crippen LogP contribution in [0.2, 0.25) is 5.15 Å². The number of rotatable bonds is 4. The second-order valence-corrected chi connectivity index (χ2v) is 6.71. The molecule has 4 rings (SSSR count). The minimum atomic E-state index is -0.147. The van der Waals surface area contributed by atoms with Gasteiger partial charge in [-0.05, 0) is 31.4 Å². The van der Waals surface area contributed by atoms with E-state index < -0.39 is 0 Å². The monoisotopic (exact) mass is 372 g/mol. The SMILES string of the molecule is Cc1cnncc1-c1nc(N2CCCC(Cc3cc(Cl)n[nH]3)C2=O)n[nH]1. The first-order valence-corrected chi connectivity index (χ1v) is 8.71. The van der Waals surface area contributed by atoms with Crippen molar-refractivity contribution in [3.8, 4) is 11.4 Å². The molecule has 1 fully saturated rings. The smallest absolute Gasteiger partial charge is 0.251 e. The van der Waals surface area contributed by atoms with E-state index in [1.807, 2.05) is 6.92 Å². The van der Waals surface area contributed by atoms with Crippen LogP contribution in [0.5, 0.6) is 0 Å². The van der Waals surface area contributed by atoms with E-state index in [0.717, 1.165) is 29.7 Å². The molecule has 0 aromatic carbocycles. The highest BCUT2D eigenvalue weighted by atomic mass is 35.5. The average molecular weight is 373 g/mol. The van der Waals surface area contributed by atoms with Gasteiger partial charge in [0.25, 0.3) is 5.95 Å². The Hall–Kier alpha value is -2.81. The van der Waals surface area contributed by atoms with E-state index in [1.165, 1.54) is 0 Å². The number of amides is 1. The van der Waals surface area contributed by atoms with E-state index in [2.05, 4.69) is 35.6 Å². The number of hydrogen-bond donors (Lipinski definition) is 2. The molecule has 1 amide bonds. The third-order valence-corrected chi connectivity index (χ3v) is 4.71. The molecular weight excluding hydrogens is 356 g/mol. The number of anilines is 1. The summed E-state index contributed by atoms with van der Waals surface area (Å²) < 4.78 is 0. The molecule has 2 N–H and O–H groups in total. The normalized spacial score (nSPS) is 17.7. The van der Waals surface area contributed by atoms with Crippen molar-refractivity contribution in [1.82, 2.24) is 35.6 Å². The summed E-state index contributed by atoms with van der Waals surface area (Å²) in [4.78, 5) is 19.0. The molecule has 10 heteroatoms. The van der Waals surface area contributed by atoms with Crippen LogP contribution < -0.4 is 4.90 Å². The molecule has 1 saturated heterocycles. The van der Waals surface area contributed by atoms with Crippen LogP contribution in [-0.4, -0.2) is 48.0 Å². The fraction of sp³-hybridized carbons (Fsp3) is 0.375. The number of carbonyl (C=O) groups excluding carboxylic acids is 1. The van der Waals surface area contributed by atoms with Crippen LogP contribution in [0.1, 0.15) is 24.1 Å². The van der Waals surface area contributed by atoms with E-state index in [9.17, 15) is 4.79 Å². The number of H-pyrrole nitrogens is 2. The molecule has 4 heterocycles. The zero-order chi connectivity index (χ0) is 18.1. The summed E-state index contributed by atoms with van der Waals surface area (Å²) in [5.74, 6) is 0.819. The summed E-state index contributed by atoms with van der Waals surface area (Å²) in [6.45, 7) is 2.52. The van der Waals surface area contributed by atoms with Crippen LogP contribution in [-0.2, 0) is 11.2 Å². The minimum Gasteiger partial charge on any atom is -0.281 e. The van der Waals surface area contributed by atoms with Crippen molar-refractivity contribution in [3.63, 3.8) is 0 Å². The Labute approximate surface area is 154 Å². The maximum Gasteiger partial charge on any atom is 0.251 e. The minimum absolute atomic E-state index is 0.0112. The second-order valence-electron chi connectivity index (χ2n) is 6.32. The Balaban J connectivity index is 1.54. The molecule has 134 valence electrons. The molecule has 26 heavy (non-hydrogen) atoms. The Kier molecular flexibility index (Phi) is 4.37. The average Bonchev–Trinajstić information content (AvgIpc) is 3.26. The largest absolute Gasteiger partial charge is 0.281 e. The lowest BCUT2D eigenvalue weighted by atomic mass is 9.92. The summed E-state index contributed by atoms with van der Waals surface area (Å²) in [7, 11) is 0. The fourth-order valence-electron chi connectivity index (χ4n) is 3.17. The number of piperidine rings is 1. The van der Waals surface area contributed by atoms with Crippen LogP contribution >= 0.6 is 11.6 Å². The molecule has 1 atom stereocenters. The summed E-state index contributed by atoms with van der Waals surface area (Å²) in [5, 5.41) is 22.0. The van der Waals surface area contributed by atoms with Crippen LogP contribution in [0.3, 0.4) is 0 Å². The Bertz CT molecular complexity index is 936. The van der Waals surface area contributed by atoms with Crippen molar-refractivity contribution >= 4 is 23.5 Å².